The Morgan fingerprint density at radius 1 is 0.463 bits per heavy atom. The van der Waals surface area contributed by atoms with Gasteiger partial charge in [-0.3, -0.25) is 0 Å². The van der Waals surface area contributed by atoms with E-state index in [4.69, 9.17) is 4.74 Å². The highest BCUT2D eigenvalue weighted by molar-refractivity contribution is 5.94. The lowest BCUT2D eigenvalue weighted by Gasteiger charge is -2.17. The molecule has 3 rings (SSSR count). The van der Waals surface area contributed by atoms with Crippen LogP contribution in [0.3, 0.4) is 0 Å². The first-order valence-corrected chi connectivity index (χ1v) is 18.3. The summed E-state index contributed by atoms with van der Waals surface area (Å²) in [5, 5.41) is 0. The molecule has 0 heterocycles. The molecule has 0 N–H and O–H groups in total. The Kier molecular flexibility index (Phi) is 19.0. The number of hydrogen-bond donors (Lipinski definition) is 0. The van der Waals surface area contributed by atoms with E-state index in [-0.39, 0.29) is 5.97 Å². The van der Waals surface area contributed by atoms with Crippen LogP contribution in [0.5, 0.6) is 0 Å². The summed E-state index contributed by atoms with van der Waals surface area (Å²) >= 11 is 0. The molecule has 0 saturated heterocycles. The zero-order valence-corrected chi connectivity index (χ0v) is 26.8. The quantitative estimate of drug-likeness (QED) is 0.251. The number of rotatable bonds is 4. The minimum absolute atomic E-state index is 0.0892. The van der Waals surface area contributed by atoms with E-state index in [1.165, 1.54) is 159 Å². The van der Waals surface area contributed by atoms with Gasteiger partial charge < -0.3 is 4.74 Å². The van der Waals surface area contributed by atoms with Crippen molar-refractivity contribution in [3.05, 3.63) is 46.8 Å². The summed E-state index contributed by atoms with van der Waals surface area (Å²) in [6, 6.07) is 0. The fraction of sp³-hybridized carbons (Fsp3) is 0.769. The first-order valence-electron chi connectivity index (χ1n) is 18.3. The summed E-state index contributed by atoms with van der Waals surface area (Å²) in [7, 11) is 0. The van der Waals surface area contributed by atoms with E-state index in [2.05, 4.69) is 24.3 Å². The molecule has 0 aromatic rings. The number of carbonyl (C=O) groups is 1. The van der Waals surface area contributed by atoms with Gasteiger partial charge in [0.1, 0.15) is 5.76 Å². The molecule has 0 saturated carbocycles. The number of carbonyl (C=O) groups excluding carboxylic acids is 1. The second-order valence-electron chi connectivity index (χ2n) is 13.2. The molecule has 0 spiro atoms. The van der Waals surface area contributed by atoms with Crippen molar-refractivity contribution in [3.8, 4) is 0 Å². The monoisotopic (exact) mass is 564 g/mol. The summed E-state index contributed by atoms with van der Waals surface area (Å²) in [6.45, 7) is 0. The van der Waals surface area contributed by atoms with Crippen LogP contribution in [0.15, 0.2) is 46.8 Å². The van der Waals surface area contributed by atoms with Gasteiger partial charge in [0.15, 0.2) is 0 Å². The van der Waals surface area contributed by atoms with Crippen molar-refractivity contribution in [2.75, 3.05) is 0 Å². The van der Waals surface area contributed by atoms with E-state index in [1.807, 2.05) is 0 Å². The first-order chi connectivity index (χ1) is 20.3. The smallest absolute Gasteiger partial charge is 0.343 e. The zero-order valence-electron chi connectivity index (χ0n) is 26.8. The van der Waals surface area contributed by atoms with Gasteiger partial charge in [-0.25, -0.2) is 4.79 Å². The van der Waals surface area contributed by atoms with Crippen LogP contribution in [-0.2, 0) is 9.53 Å². The summed E-state index contributed by atoms with van der Waals surface area (Å²) in [5.74, 6) is 0.844. The Bertz CT molecular complexity index is 827. The van der Waals surface area contributed by atoms with Gasteiger partial charge in [-0.2, -0.15) is 0 Å². The minimum Gasteiger partial charge on any atom is -0.428 e. The molecule has 2 heteroatoms. The molecule has 2 nitrogen and oxygen atoms in total. The van der Waals surface area contributed by atoms with E-state index in [9.17, 15) is 4.79 Å². The second-order valence-corrected chi connectivity index (χ2v) is 13.2. The molecule has 0 aromatic heterocycles. The van der Waals surface area contributed by atoms with Crippen molar-refractivity contribution in [2.45, 2.75) is 193 Å². The van der Waals surface area contributed by atoms with Crippen LogP contribution in [0.25, 0.3) is 0 Å². The fourth-order valence-corrected chi connectivity index (χ4v) is 6.80. The second kappa shape index (κ2) is 23.0. The number of esters is 1. The van der Waals surface area contributed by atoms with Crippen LogP contribution in [0.2, 0.25) is 0 Å². The van der Waals surface area contributed by atoms with Gasteiger partial charge in [-0.1, -0.05) is 133 Å². The van der Waals surface area contributed by atoms with Crippen molar-refractivity contribution in [1.82, 2.24) is 0 Å². The molecule has 3 aliphatic carbocycles. The number of allylic oxidation sites excluding steroid dienone is 6. The van der Waals surface area contributed by atoms with Gasteiger partial charge in [0.25, 0.3) is 0 Å². The van der Waals surface area contributed by atoms with E-state index < -0.39 is 0 Å². The average Bonchev–Trinajstić information content (AvgIpc) is 2.95. The van der Waals surface area contributed by atoms with Crippen molar-refractivity contribution in [1.29, 1.82) is 0 Å². The summed E-state index contributed by atoms with van der Waals surface area (Å²) in [4.78, 5) is 14.1. The van der Waals surface area contributed by atoms with Crippen molar-refractivity contribution >= 4 is 5.97 Å². The van der Waals surface area contributed by atoms with Crippen molar-refractivity contribution < 1.29 is 9.53 Å². The largest absolute Gasteiger partial charge is 0.428 e. The SMILES string of the molecule is O=C(OC1=CCCCCCCCCCC1)C(=CC1=CCCCCCCCCCC1)C1=CCCCCCCCCCC1. The molecule has 0 aliphatic heterocycles. The van der Waals surface area contributed by atoms with Crippen molar-refractivity contribution in [3.63, 3.8) is 0 Å². The van der Waals surface area contributed by atoms with E-state index >= 15 is 0 Å². The van der Waals surface area contributed by atoms with Gasteiger partial charge in [0.2, 0.25) is 0 Å². The van der Waals surface area contributed by atoms with Crippen molar-refractivity contribution in [2.24, 2.45) is 0 Å². The molecule has 232 valence electrons. The molecule has 0 atom stereocenters. The highest BCUT2D eigenvalue weighted by atomic mass is 16.5. The third-order valence-corrected chi connectivity index (χ3v) is 9.49. The van der Waals surface area contributed by atoms with Gasteiger partial charge >= 0.3 is 5.97 Å². The highest BCUT2D eigenvalue weighted by Gasteiger charge is 2.19. The maximum Gasteiger partial charge on any atom is 0.343 e. The third-order valence-electron chi connectivity index (χ3n) is 9.49. The highest BCUT2D eigenvalue weighted by Crippen LogP contribution is 2.28. The zero-order chi connectivity index (χ0) is 28.6. The van der Waals surface area contributed by atoms with Gasteiger partial charge in [-0.15, -0.1) is 0 Å². The topological polar surface area (TPSA) is 26.3 Å². The average molecular weight is 565 g/mol. The van der Waals surface area contributed by atoms with Crippen LogP contribution in [0.1, 0.15) is 193 Å². The molecular weight excluding hydrogens is 500 g/mol. The van der Waals surface area contributed by atoms with Crippen LogP contribution in [-0.4, -0.2) is 5.97 Å². The minimum atomic E-state index is -0.0892. The molecule has 0 unspecified atom stereocenters. The lowest BCUT2D eigenvalue weighted by atomic mass is 9.92. The Labute approximate surface area is 254 Å². The molecule has 0 amide bonds. The van der Waals surface area contributed by atoms with Gasteiger partial charge in [0, 0.05) is 6.42 Å². The summed E-state index contributed by atoms with van der Waals surface area (Å²) in [5.41, 5.74) is 3.50. The van der Waals surface area contributed by atoms with Crippen LogP contribution in [0.4, 0.5) is 0 Å². The molecule has 0 fully saturated rings. The lowest BCUT2D eigenvalue weighted by molar-refractivity contribution is -0.135. The molecule has 0 bridgehead atoms. The Balaban J connectivity index is 1.84. The van der Waals surface area contributed by atoms with Gasteiger partial charge in [0.05, 0.1) is 5.57 Å². The first kappa shape index (κ1) is 33.9. The van der Waals surface area contributed by atoms with Crippen LogP contribution in [0, 0.1) is 0 Å². The van der Waals surface area contributed by atoms with E-state index in [0.717, 1.165) is 56.3 Å². The van der Waals surface area contributed by atoms with Crippen LogP contribution < -0.4 is 0 Å². The number of hydrogen-bond acceptors (Lipinski definition) is 2. The predicted octanol–water partition coefficient (Wildman–Crippen LogP) is 12.9. The molecule has 0 aromatic carbocycles. The number of ether oxygens (including phenoxy) is 1. The molecule has 0 radical (unpaired) electrons. The Hall–Kier alpha value is -1.57. The van der Waals surface area contributed by atoms with Gasteiger partial charge in [-0.05, 0) is 88.4 Å². The maximum absolute atomic E-state index is 14.1. The molecule has 41 heavy (non-hydrogen) atoms. The van der Waals surface area contributed by atoms with E-state index in [0.29, 0.717) is 0 Å². The van der Waals surface area contributed by atoms with Crippen LogP contribution >= 0.6 is 0 Å². The maximum atomic E-state index is 14.1. The predicted molar refractivity (Wildman–Crippen MR) is 177 cm³/mol. The third kappa shape index (κ3) is 16.0. The normalized spacial score (nSPS) is 23.3. The molecule has 3 aliphatic rings. The summed E-state index contributed by atoms with van der Waals surface area (Å²) < 4.78 is 6.35. The molecular formula is C39H64O2. The Morgan fingerprint density at radius 2 is 0.878 bits per heavy atom. The standard InChI is InChI=1S/C39H64O2/c40-39(41-37-32-26-20-14-8-3-9-15-21-27-33-37)38(36-30-24-18-12-6-2-7-13-19-25-31-36)34-35-28-22-16-10-4-1-5-11-17-23-29-35/h28,30,32,34H,1-27,29,31,33H2. The Morgan fingerprint density at radius 3 is 1.44 bits per heavy atom. The lowest BCUT2D eigenvalue weighted by Crippen LogP contribution is -2.12. The summed E-state index contributed by atoms with van der Waals surface area (Å²) in [6.07, 6.45) is 47.0. The van der Waals surface area contributed by atoms with E-state index in [1.54, 1.807) is 0 Å². The fourth-order valence-electron chi connectivity index (χ4n) is 6.80.